The van der Waals surface area contributed by atoms with Crippen molar-refractivity contribution in [2.75, 3.05) is 26.0 Å². The molecule has 0 aliphatic carbocycles. The monoisotopic (exact) mass is 223 g/mol. The van der Waals surface area contributed by atoms with E-state index < -0.39 is 0 Å². The molecule has 1 unspecified atom stereocenters. The zero-order valence-electron chi connectivity index (χ0n) is 10.1. The minimum absolute atomic E-state index is 0.387. The predicted octanol–water partition coefficient (Wildman–Crippen LogP) is 1.22. The molecule has 1 heterocycles. The van der Waals surface area contributed by atoms with Crippen LogP contribution in [0.1, 0.15) is 18.9 Å². The number of ether oxygens (including phenoxy) is 1. The highest BCUT2D eigenvalue weighted by molar-refractivity contribution is 5.44. The lowest BCUT2D eigenvalue weighted by Gasteiger charge is -2.16. The van der Waals surface area contributed by atoms with E-state index in [1.165, 1.54) is 0 Å². The van der Waals surface area contributed by atoms with Gasteiger partial charge >= 0.3 is 0 Å². The summed E-state index contributed by atoms with van der Waals surface area (Å²) in [5.74, 6) is 0. The number of nitrogens with zero attached hydrogens (tertiary/aromatic N) is 1. The Bertz CT molecular complexity index is 304. The number of nitrogens with one attached hydrogen (secondary N) is 1. The largest absolute Gasteiger partial charge is 0.398 e. The molecule has 1 rings (SSSR count). The maximum Gasteiger partial charge on any atom is 0.0480 e. The molecule has 0 amide bonds. The molecule has 0 bridgehead atoms. The van der Waals surface area contributed by atoms with Crippen molar-refractivity contribution in [2.24, 2.45) is 0 Å². The third kappa shape index (κ3) is 4.16. The van der Waals surface area contributed by atoms with E-state index in [1.54, 1.807) is 6.20 Å². The van der Waals surface area contributed by atoms with Crippen LogP contribution in [0, 0.1) is 0 Å². The average molecular weight is 223 g/mol. The summed E-state index contributed by atoms with van der Waals surface area (Å²) < 4.78 is 5.35. The maximum atomic E-state index is 5.88. The summed E-state index contributed by atoms with van der Waals surface area (Å²) in [6.07, 6.45) is 5.43. The molecule has 0 aromatic carbocycles. The Morgan fingerprint density at radius 3 is 3.00 bits per heavy atom. The third-order valence-electron chi connectivity index (χ3n) is 2.63. The van der Waals surface area contributed by atoms with Crippen molar-refractivity contribution in [1.82, 2.24) is 10.3 Å². The summed E-state index contributed by atoms with van der Waals surface area (Å²) in [7, 11) is 1.96. The quantitative estimate of drug-likeness (QED) is 0.682. The molecule has 3 N–H and O–H groups in total. The first-order valence-electron chi connectivity index (χ1n) is 5.71. The fraction of sp³-hybridized carbons (Fsp3) is 0.583. The summed E-state index contributed by atoms with van der Waals surface area (Å²) in [6.45, 7) is 3.56. The van der Waals surface area contributed by atoms with Crippen LogP contribution in [0.3, 0.4) is 0 Å². The summed E-state index contributed by atoms with van der Waals surface area (Å²) in [5.41, 5.74) is 7.79. The first kappa shape index (κ1) is 12.9. The number of aromatic nitrogens is 1. The van der Waals surface area contributed by atoms with Crippen LogP contribution in [0.15, 0.2) is 18.5 Å². The molecule has 0 saturated carbocycles. The van der Waals surface area contributed by atoms with Crippen LogP contribution in [0.2, 0.25) is 0 Å². The van der Waals surface area contributed by atoms with Crippen LogP contribution < -0.4 is 11.1 Å². The fourth-order valence-corrected chi connectivity index (χ4v) is 1.59. The lowest BCUT2D eigenvalue weighted by molar-refractivity contribution is 0.137. The van der Waals surface area contributed by atoms with Crippen molar-refractivity contribution in [1.29, 1.82) is 0 Å². The van der Waals surface area contributed by atoms with Crippen LogP contribution in [0.4, 0.5) is 5.69 Å². The molecule has 0 aliphatic heterocycles. The normalized spacial score (nSPS) is 12.6. The van der Waals surface area contributed by atoms with Crippen molar-refractivity contribution >= 4 is 5.69 Å². The second-order valence-electron chi connectivity index (χ2n) is 3.75. The van der Waals surface area contributed by atoms with Crippen LogP contribution in [0.25, 0.3) is 0 Å². The van der Waals surface area contributed by atoms with Gasteiger partial charge in [0.1, 0.15) is 0 Å². The van der Waals surface area contributed by atoms with E-state index in [1.807, 2.05) is 26.2 Å². The van der Waals surface area contributed by atoms with Crippen molar-refractivity contribution < 1.29 is 4.74 Å². The van der Waals surface area contributed by atoms with Gasteiger partial charge in [0.15, 0.2) is 0 Å². The van der Waals surface area contributed by atoms with Gasteiger partial charge in [0.25, 0.3) is 0 Å². The SMILES string of the molecule is CCOCCC(Cc1cnccc1N)NC. The van der Waals surface area contributed by atoms with Gasteiger partial charge in [0, 0.05) is 37.3 Å². The van der Waals surface area contributed by atoms with Crippen LogP contribution in [-0.4, -0.2) is 31.3 Å². The Morgan fingerprint density at radius 2 is 2.38 bits per heavy atom. The average Bonchev–Trinajstić information content (AvgIpc) is 2.30. The van der Waals surface area contributed by atoms with Gasteiger partial charge in [0.2, 0.25) is 0 Å². The molecule has 1 aromatic heterocycles. The van der Waals surface area contributed by atoms with Gasteiger partial charge in [0.05, 0.1) is 0 Å². The summed E-state index contributed by atoms with van der Waals surface area (Å²) in [5, 5.41) is 3.27. The highest BCUT2D eigenvalue weighted by atomic mass is 16.5. The maximum absolute atomic E-state index is 5.88. The van der Waals surface area contributed by atoms with E-state index in [0.717, 1.165) is 37.3 Å². The van der Waals surface area contributed by atoms with E-state index in [2.05, 4.69) is 10.3 Å². The Labute approximate surface area is 97.2 Å². The Morgan fingerprint density at radius 1 is 1.56 bits per heavy atom. The fourth-order valence-electron chi connectivity index (χ4n) is 1.59. The molecule has 4 nitrogen and oxygen atoms in total. The summed E-state index contributed by atoms with van der Waals surface area (Å²) in [6, 6.07) is 2.22. The molecule has 0 aliphatic rings. The second-order valence-corrected chi connectivity index (χ2v) is 3.75. The highest BCUT2D eigenvalue weighted by Gasteiger charge is 2.09. The third-order valence-corrected chi connectivity index (χ3v) is 2.63. The van der Waals surface area contributed by atoms with Gasteiger partial charge < -0.3 is 15.8 Å². The van der Waals surface area contributed by atoms with Crippen LogP contribution in [0.5, 0.6) is 0 Å². The molecule has 0 saturated heterocycles. The first-order chi connectivity index (χ1) is 7.77. The number of nitrogens with two attached hydrogens (primary N) is 1. The number of pyridine rings is 1. The number of hydrogen-bond acceptors (Lipinski definition) is 4. The van der Waals surface area contributed by atoms with Gasteiger partial charge in [-0.15, -0.1) is 0 Å². The standard InChI is InChI=1S/C12H21N3O/c1-3-16-7-5-11(14-2)8-10-9-15-6-4-12(10)13/h4,6,9,11,14H,3,5,7-8H2,1-2H3,(H2,13,15). The number of anilines is 1. The summed E-state index contributed by atoms with van der Waals surface area (Å²) in [4.78, 5) is 4.09. The van der Waals surface area contributed by atoms with Crippen LogP contribution in [-0.2, 0) is 11.2 Å². The molecule has 16 heavy (non-hydrogen) atoms. The molecule has 0 radical (unpaired) electrons. The molecule has 1 atom stereocenters. The molecule has 90 valence electrons. The molecular weight excluding hydrogens is 202 g/mol. The van der Waals surface area contributed by atoms with Gasteiger partial charge in [-0.3, -0.25) is 4.98 Å². The van der Waals surface area contributed by atoms with E-state index >= 15 is 0 Å². The van der Waals surface area contributed by atoms with Gasteiger partial charge in [-0.05, 0) is 38.4 Å². The lowest BCUT2D eigenvalue weighted by atomic mass is 10.0. The molecule has 0 spiro atoms. The van der Waals surface area contributed by atoms with Gasteiger partial charge in [-0.25, -0.2) is 0 Å². The van der Waals surface area contributed by atoms with Crippen LogP contribution >= 0.6 is 0 Å². The van der Waals surface area contributed by atoms with E-state index in [-0.39, 0.29) is 0 Å². The number of hydrogen-bond donors (Lipinski definition) is 2. The first-order valence-corrected chi connectivity index (χ1v) is 5.71. The highest BCUT2D eigenvalue weighted by Crippen LogP contribution is 2.12. The number of likely N-dealkylation sites (N-methyl/N-ethyl adjacent to an activating group) is 1. The Kier molecular flexibility index (Phi) is 5.82. The summed E-state index contributed by atoms with van der Waals surface area (Å²) >= 11 is 0. The minimum Gasteiger partial charge on any atom is -0.398 e. The van der Waals surface area contributed by atoms with Crippen molar-refractivity contribution in [3.63, 3.8) is 0 Å². The Balaban J connectivity index is 2.46. The van der Waals surface area contributed by atoms with Gasteiger partial charge in [-0.2, -0.15) is 0 Å². The smallest absolute Gasteiger partial charge is 0.0480 e. The van der Waals surface area contributed by atoms with Crippen molar-refractivity contribution in [3.8, 4) is 0 Å². The molecule has 4 heteroatoms. The van der Waals surface area contributed by atoms with E-state index in [0.29, 0.717) is 6.04 Å². The Hall–Kier alpha value is -1.13. The predicted molar refractivity (Wildman–Crippen MR) is 66.3 cm³/mol. The topological polar surface area (TPSA) is 60.2 Å². The lowest BCUT2D eigenvalue weighted by Crippen LogP contribution is -2.29. The van der Waals surface area contributed by atoms with Gasteiger partial charge in [-0.1, -0.05) is 0 Å². The van der Waals surface area contributed by atoms with E-state index in [4.69, 9.17) is 10.5 Å². The number of rotatable bonds is 7. The molecular formula is C12H21N3O. The zero-order chi connectivity index (χ0) is 11.8. The zero-order valence-corrected chi connectivity index (χ0v) is 10.1. The number of nitrogen functional groups attached to an aromatic ring is 1. The minimum atomic E-state index is 0.387. The molecule has 0 fully saturated rings. The second kappa shape index (κ2) is 7.19. The molecule has 1 aromatic rings. The van der Waals surface area contributed by atoms with Crippen molar-refractivity contribution in [2.45, 2.75) is 25.8 Å². The van der Waals surface area contributed by atoms with Crippen molar-refractivity contribution in [3.05, 3.63) is 24.0 Å². The van der Waals surface area contributed by atoms with E-state index in [9.17, 15) is 0 Å².